The standard InChI is InChI=1S/C17H19ClN2O3S/c1-13-6-8-14(9-7-13)11-20(24(2,22)23)12-17(21)19-16-5-3-4-15(18)10-16/h3-10H,11-12H2,1-2H3,(H,19,21). The highest BCUT2D eigenvalue weighted by Gasteiger charge is 2.20. The van der Waals surface area contributed by atoms with Crippen molar-refractivity contribution in [3.8, 4) is 0 Å². The molecule has 0 radical (unpaired) electrons. The van der Waals surface area contributed by atoms with E-state index in [0.717, 1.165) is 21.7 Å². The van der Waals surface area contributed by atoms with Crippen molar-refractivity contribution in [1.82, 2.24) is 4.31 Å². The van der Waals surface area contributed by atoms with E-state index in [9.17, 15) is 13.2 Å². The molecule has 2 aromatic rings. The van der Waals surface area contributed by atoms with Gasteiger partial charge in [0, 0.05) is 17.3 Å². The van der Waals surface area contributed by atoms with Crippen molar-refractivity contribution in [3.05, 3.63) is 64.7 Å². The Morgan fingerprint density at radius 3 is 2.42 bits per heavy atom. The van der Waals surface area contributed by atoms with Gasteiger partial charge in [-0.25, -0.2) is 8.42 Å². The quantitative estimate of drug-likeness (QED) is 0.854. The molecule has 0 aromatic heterocycles. The minimum absolute atomic E-state index is 0.141. The molecular weight excluding hydrogens is 348 g/mol. The second-order valence-corrected chi connectivity index (χ2v) is 7.99. The Morgan fingerprint density at radius 1 is 1.17 bits per heavy atom. The normalized spacial score (nSPS) is 11.5. The van der Waals surface area contributed by atoms with E-state index in [1.165, 1.54) is 0 Å². The number of benzene rings is 2. The van der Waals surface area contributed by atoms with Gasteiger partial charge in [0.2, 0.25) is 15.9 Å². The summed E-state index contributed by atoms with van der Waals surface area (Å²) in [4.78, 5) is 12.2. The molecule has 7 heteroatoms. The predicted octanol–water partition coefficient (Wildman–Crippen LogP) is 3.05. The van der Waals surface area contributed by atoms with E-state index < -0.39 is 15.9 Å². The van der Waals surface area contributed by atoms with Crippen LogP contribution in [0.5, 0.6) is 0 Å². The molecule has 0 saturated carbocycles. The number of nitrogens with zero attached hydrogens (tertiary/aromatic N) is 1. The van der Waals surface area contributed by atoms with Crippen LogP contribution in [0.15, 0.2) is 48.5 Å². The van der Waals surface area contributed by atoms with Gasteiger partial charge in [-0.15, -0.1) is 0 Å². The molecule has 0 bridgehead atoms. The third-order valence-electron chi connectivity index (χ3n) is 3.38. The molecule has 0 fully saturated rings. The molecule has 1 N–H and O–H groups in total. The molecule has 2 aromatic carbocycles. The van der Waals surface area contributed by atoms with Crippen molar-refractivity contribution < 1.29 is 13.2 Å². The Kier molecular flexibility index (Phi) is 5.99. The number of carbonyl (C=O) groups excluding carboxylic acids is 1. The van der Waals surface area contributed by atoms with Gasteiger partial charge in [-0.3, -0.25) is 4.79 Å². The highest BCUT2D eigenvalue weighted by atomic mass is 35.5. The van der Waals surface area contributed by atoms with Crippen molar-refractivity contribution in [1.29, 1.82) is 0 Å². The largest absolute Gasteiger partial charge is 0.325 e. The van der Waals surface area contributed by atoms with Crippen molar-refractivity contribution in [2.75, 3.05) is 18.1 Å². The van der Waals surface area contributed by atoms with Crippen LogP contribution in [0.4, 0.5) is 5.69 Å². The summed E-state index contributed by atoms with van der Waals surface area (Å²) in [6, 6.07) is 14.2. The Balaban J connectivity index is 2.08. The molecule has 128 valence electrons. The number of amides is 1. The van der Waals surface area contributed by atoms with Gasteiger partial charge in [0.05, 0.1) is 12.8 Å². The summed E-state index contributed by atoms with van der Waals surface area (Å²) in [5.41, 5.74) is 2.43. The first-order valence-electron chi connectivity index (χ1n) is 7.30. The fraction of sp³-hybridized carbons (Fsp3) is 0.235. The van der Waals surface area contributed by atoms with E-state index in [-0.39, 0.29) is 13.1 Å². The summed E-state index contributed by atoms with van der Waals surface area (Å²) in [5.74, 6) is -0.421. The summed E-state index contributed by atoms with van der Waals surface area (Å²) < 4.78 is 25.1. The van der Waals surface area contributed by atoms with E-state index in [0.29, 0.717) is 10.7 Å². The van der Waals surface area contributed by atoms with E-state index in [1.54, 1.807) is 24.3 Å². The number of sulfonamides is 1. The summed E-state index contributed by atoms with van der Waals surface area (Å²) in [6.45, 7) is 1.83. The summed E-state index contributed by atoms with van der Waals surface area (Å²) >= 11 is 5.87. The molecule has 0 aliphatic rings. The zero-order chi connectivity index (χ0) is 17.7. The van der Waals surface area contributed by atoms with Gasteiger partial charge in [0.25, 0.3) is 0 Å². The van der Waals surface area contributed by atoms with Crippen LogP contribution in [0, 0.1) is 6.92 Å². The number of rotatable bonds is 6. The zero-order valence-electron chi connectivity index (χ0n) is 13.5. The number of aryl methyl sites for hydroxylation is 1. The monoisotopic (exact) mass is 366 g/mol. The van der Waals surface area contributed by atoms with Crippen molar-refractivity contribution in [2.45, 2.75) is 13.5 Å². The molecule has 0 aliphatic carbocycles. The molecular formula is C17H19ClN2O3S. The van der Waals surface area contributed by atoms with E-state index in [2.05, 4.69) is 5.32 Å². The number of nitrogens with one attached hydrogen (secondary N) is 1. The maximum Gasteiger partial charge on any atom is 0.239 e. The van der Waals surface area contributed by atoms with Gasteiger partial charge in [0.15, 0.2) is 0 Å². The van der Waals surface area contributed by atoms with Gasteiger partial charge in [0.1, 0.15) is 0 Å². The lowest BCUT2D eigenvalue weighted by Crippen LogP contribution is -2.36. The Labute approximate surface area is 147 Å². The molecule has 0 saturated heterocycles. The number of hydrogen-bond acceptors (Lipinski definition) is 3. The topological polar surface area (TPSA) is 66.5 Å². The van der Waals surface area contributed by atoms with Crippen LogP contribution in [0.25, 0.3) is 0 Å². The minimum Gasteiger partial charge on any atom is -0.325 e. The number of hydrogen-bond donors (Lipinski definition) is 1. The van der Waals surface area contributed by atoms with Crippen LogP contribution in [-0.2, 0) is 21.4 Å². The summed E-state index contributed by atoms with van der Waals surface area (Å²) in [5, 5.41) is 3.14. The summed E-state index contributed by atoms with van der Waals surface area (Å²) in [6.07, 6.45) is 1.09. The molecule has 0 atom stereocenters. The zero-order valence-corrected chi connectivity index (χ0v) is 15.1. The first-order chi connectivity index (χ1) is 11.2. The average molecular weight is 367 g/mol. The molecule has 24 heavy (non-hydrogen) atoms. The summed E-state index contributed by atoms with van der Waals surface area (Å²) in [7, 11) is -3.52. The number of anilines is 1. The first-order valence-corrected chi connectivity index (χ1v) is 9.53. The lowest BCUT2D eigenvalue weighted by atomic mass is 10.1. The first kappa shape index (κ1) is 18.4. The van der Waals surface area contributed by atoms with Crippen LogP contribution < -0.4 is 5.32 Å². The van der Waals surface area contributed by atoms with Crippen LogP contribution in [-0.4, -0.2) is 31.4 Å². The Bertz CT molecular complexity index is 820. The average Bonchev–Trinajstić information content (AvgIpc) is 2.48. The third-order valence-corrected chi connectivity index (χ3v) is 4.81. The van der Waals surface area contributed by atoms with Crippen molar-refractivity contribution >= 4 is 33.2 Å². The molecule has 0 aliphatic heterocycles. The molecule has 0 unspecified atom stereocenters. The molecule has 1 amide bonds. The Hall–Kier alpha value is -1.89. The highest BCUT2D eigenvalue weighted by Crippen LogP contribution is 2.15. The SMILES string of the molecule is Cc1ccc(CN(CC(=O)Nc2cccc(Cl)c2)S(C)(=O)=O)cc1. The van der Waals surface area contributed by atoms with Gasteiger partial charge in [-0.1, -0.05) is 47.5 Å². The van der Waals surface area contributed by atoms with Gasteiger partial charge in [-0.05, 0) is 30.7 Å². The minimum atomic E-state index is -3.52. The molecule has 0 spiro atoms. The lowest BCUT2D eigenvalue weighted by Gasteiger charge is -2.19. The smallest absolute Gasteiger partial charge is 0.239 e. The number of carbonyl (C=O) groups is 1. The van der Waals surface area contributed by atoms with Crippen molar-refractivity contribution in [3.63, 3.8) is 0 Å². The highest BCUT2D eigenvalue weighted by molar-refractivity contribution is 7.88. The fourth-order valence-electron chi connectivity index (χ4n) is 2.11. The molecule has 2 rings (SSSR count). The second kappa shape index (κ2) is 7.79. The van der Waals surface area contributed by atoms with Crippen LogP contribution in [0.2, 0.25) is 5.02 Å². The predicted molar refractivity (Wildman–Crippen MR) is 96.5 cm³/mol. The lowest BCUT2D eigenvalue weighted by molar-refractivity contribution is -0.116. The third kappa shape index (κ3) is 5.63. The van der Waals surface area contributed by atoms with Crippen LogP contribution in [0.3, 0.4) is 0 Å². The molecule has 5 nitrogen and oxygen atoms in total. The van der Waals surface area contributed by atoms with Crippen LogP contribution >= 0.6 is 11.6 Å². The fourth-order valence-corrected chi connectivity index (χ4v) is 3.04. The Morgan fingerprint density at radius 2 is 1.83 bits per heavy atom. The van der Waals surface area contributed by atoms with Gasteiger partial charge < -0.3 is 5.32 Å². The van der Waals surface area contributed by atoms with Crippen LogP contribution in [0.1, 0.15) is 11.1 Å². The maximum atomic E-state index is 12.2. The van der Waals surface area contributed by atoms with E-state index >= 15 is 0 Å². The maximum absolute atomic E-state index is 12.2. The molecule has 0 heterocycles. The number of halogens is 1. The van der Waals surface area contributed by atoms with E-state index in [1.807, 2.05) is 31.2 Å². The second-order valence-electron chi connectivity index (χ2n) is 5.58. The van der Waals surface area contributed by atoms with E-state index in [4.69, 9.17) is 11.6 Å². The van der Waals surface area contributed by atoms with Gasteiger partial charge in [-0.2, -0.15) is 4.31 Å². The van der Waals surface area contributed by atoms with Gasteiger partial charge >= 0.3 is 0 Å². The van der Waals surface area contributed by atoms with Crippen molar-refractivity contribution in [2.24, 2.45) is 0 Å².